The maximum absolute atomic E-state index is 14.0. The summed E-state index contributed by atoms with van der Waals surface area (Å²) < 4.78 is 41.5. The summed E-state index contributed by atoms with van der Waals surface area (Å²) in [5.74, 6) is -2.70. The Labute approximate surface area is 152 Å². The fourth-order valence-electron chi connectivity index (χ4n) is 4.34. The van der Waals surface area contributed by atoms with Crippen LogP contribution < -0.4 is 0 Å². The minimum Gasteiger partial charge on any atom is -0.289 e. The molecule has 0 N–H and O–H groups in total. The van der Waals surface area contributed by atoms with Gasteiger partial charge in [-0.2, -0.15) is 0 Å². The minimum absolute atomic E-state index is 0.147. The van der Waals surface area contributed by atoms with Crippen molar-refractivity contribution < 1.29 is 13.2 Å². The van der Waals surface area contributed by atoms with Crippen LogP contribution in [-0.2, 0) is 13.0 Å². The van der Waals surface area contributed by atoms with Crippen LogP contribution in [0.5, 0.6) is 0 Å². The monoisotopic (exact) mass is 357 g/mol. The largest absolute Gasteiger partial charge is 0.289 e. The lowest BCUT2D eigenvalue weighted by atomic mass is 9.82. The summed E-state index contributed by atoms with van der Waals surface area (Å²) >= 11 is 0. The molecule has 2 unspecified atom stereocenters. The Morgan fingerprint density at radius 3 is 2.46 bits per heavy atom. The van der Waals surface area contributed by atoms with Gasteiger partial charge in [0.15, 0.2) is 11.6 Å². The molecule has 2 aliphatic heterocycles. The summed E-state index contributed by atoms with van der Waals surface area (Å²) in [6.45, 7) is 0.892. The molecule has 2 aromatic rings. The van der Waals surface area contributed by atoms with E-state index in [1.807, 2.05) is 18.2 Å². The van der Waals surface area contributed by atoms with E-state index < -0.39 is 17.5 Å². The van der Waals surface area contributed by atoms with Crippen molar-refractivity contribution in [2.75, 3.05) is 0 Å². The maximum atomic E-state index is 14.0. The number of fused-ring (bicyclic) bond motifs is 2. The lowest BCUT2D eigenvalue weighted by Crippen LogP contribution is -2.48. The standard InChI is InChI=1S/C22H22F3N/c23-20-9-10-21(24)22(25)19(20)13-16-11-17-7-4-8-18(12-16)26(17)14-15-5-2-1-3-6-15/h1-3,5-6,9-11,17-18H,4,7-8,12-14H2. The number of rotatable bonds is 4. The first-order valence-corrected chi connectivity index (χ1v) is 9.23. The summed E-state index contributed by atoms with van der Waals surface area (Å²) in [6, 6.07) is 12.9. The molecule has 0 radical (unpaired) electrons. The molecule has 136 valence electrons. The number of nitrogens with zero attached hydrogens (tertiary/aromatic N) is 1. The number of halogens is 3. The fourth-order valence-corrected chi connectivity index (χ4v) is 4.34. The van der Waals surface area contributed by atoms with Crippen molar-refractivity contribution in [2.24, 2.45) is 0 Å². The van der Waals surface area contributed by atoms with Crippen molar-refractivity contribution in [3.05, 3.63) is 82.7 Å². The van der Waals surface area contributed by atoms with Gasteiger partial charge < -0.3 is 0 Å². The Bertz CT molecular complexity index is 816. The Morgan fingerprint density at radius 2 is 1.69 bits per heavy atom. The molecule has 2 aliphatic rings. The van der Waals surface area contributed by atoms with Gasteiger partial charge in [0.2, 0.25) is 0 Å². The van der Waals surface area contributed by atoms with Crippen LogP contribution in [0.3, 0.4) is 0 Å². The van der Waals surface area contributed by atoms with Crippen molar-refractivity contribution in [2.45, 2.75) is 50.7 Å². The SMILES string of the molecule is Fc1ccc(F)c(CC2=CC3CCCC(C2)N3Cc2ccccc2)c1F. The van der Waals surface area contributed by atoms with Gasteiger partial charge in [-0.25, -0.2) is 13.2 Å². The second-order valence-electron chi connectivity index (χ2n) is 7.34. The molecule has 4 rings (SSSR count). The van der Waals surface area contributed by atoms with E-state index in [-0.39, 0.29) is 18.0 Å². The first-order valence-electron chi connectivity index (χ1n) is 9.23. The third kappa shape index (κ3) is 3.43. The van der Waals surface area contributed by atoms with E-state index in [1.54, 1.807) is 0 Å². The summed E-state index contributed by atoms with van der Waals surface area (Å²) in [6.07, 6.45) is 6.42. The third-order valence-corrected chi connectivity index (χ3v) is 5.61. The summed E-state index contributed by atoms with van der Waals surface area (Å²) in [5.41, 5.74) is 2.15. The Balaban J connectivity index is 1.56. The van der Waals surface area contributed by atoms with Crippen molar-refractivity contribution in [1.29, 1.82) is 0 Å². The van der Waals surface area contributed by atoms with Crippen LogP contribution >= 0.6 is 0 Å². The highest BCUT2D eigenvalue weighted by molar-refractivity contribution is 5.29. The van der Waals surface area contributed by atoms with E-state index in [2.05, 4.69) is 23.1 Å². The smallest absolute Gasteiger partial charge is 0.165 e. The van der Waals surface area contributed by atoms with Crippen LogP contribution in [0.1, 0.15) is 36.8 Å². The van der Waals surface area contributed by atoms with E-state index in [4.69, 9.17) is 0 Å². The minimum atomic E-state index is -1.05. The highest BCUT2D eigenvalue weighted by atomic mass is 19.2. The van der Waals surface area contributed by atoms with Gasteiger partial charge in [0.25, 0.3) is 0 Å². The van der Waals surface area contributed by atoms with Gasteiger partial charge in [-0.15, -0.1) is 0 Å². The van der Waals surface area contributed by atoms with Crippen LogP contribution in [-0.4, -0.2) is 17.0 Å². The van der Waals surface area contributed by atoms with Gasteiger partial charge in [-0.05, 0) is 43.4 Å². The number of hydrogen-bond acceptors (Lipinski definition) is 1. The number of hydrogen-bond donors (Lipinski definition) is 0. The van der Waals surface area contributed by atoms with Crippen LogP contribution in [0.15, 0.2) is 54.1 Å². The fraction of sp³-hybridized carbons (Fsp3) is 0.364. The lowest BCUT2D eigenvalue weighted by molar-refractivity contribution is 0.0880. The summed E-state index contributed by atoms with van der Waals surface area (Å²) in [7, 11) is 0. The molecule has 0 aromatic heterocycles. The van der Waals surface area contributed by atoms with Crippen molar-refractivity contribution >= 4 is 0 Å². The predicted octanol–water partition coefficient (Wildman–Crippen LogP) is 5.40. The normalized spacial score (nSPS) is 23.0. The summed E-state index contributed by atoms with van der Waals surface area (Å²) in [4.78, 5) is 2.50. The zero-order valence-corrected chi connectivity index (χ0v) is 14.6. The molecule has 2 heterocycles. The van der Waals surface area contributed by atoms with Crippen LogP contribution in [0.4, 0.5) is 13.2 Å². The van der Waals surface area contributed by atoms with E-state index in [9.17, 15) is 13.2 Å². The van der Waals surface area contributed by atoms with Gasteiger partial charge in [-0.1, -0.05) is 48.4 Å². The molecule has 2 aromatic carbocycles. The topological polar surface area (TPSA) is 3.24 Å². The molecule has 1 fully saturated rings. The highest BCUT2D eigenvalue weighted by Gasteiger charge is 2.34. The van der Waals surface area contributed by atoms with Gasteiger partial charge in [0.1, 0.15) is 5.82 Å². The van der Waals surface area contributed by atoms with Gasteiger partial charge in [-0.3, -0.25) is 4.90 Å². The molecular formula is C22H22F3N. The third-order valence-electron chi connectivity index (χ3n) is 5.61. The highest BCUT2D eigenvalue weighted by Crippen LogP contribution is 2.36. The average Bonchev–Trinajstić information content (AvgIpc) is 2.63. The first kappa shape index (κ1) is 17.3. The Morgan fingerprint density at radius 1 is 0.923 bits per heavy atom. The molecule has 0 saturated carbocycles. The van der Waals surface area contributed by atoms with Crippen molar-refractivity contribution in [3.8, 4) is 0 Å². The Kier molecular flexibility index (Phi) is 4.86. The zero-order valence-electron chi connectivity index (χ0n) is 14.6. The van der Waals surface area contributed by atoms with Crippen LogP contribution in [0, 0.1) is 17.5 Å². The van der Waals surface area contributed by atoms with E-state index >= 15 is 0 Å². The van der Waals surface area contributed by atoms with Crippen molar-refractivity contribution in [3.63, 3.8) is 0 Å². The van der Waals surface area contributed by atoms with E-state index in [1.165, 1.54) is 12.0 Å². The lowest BCUT2D eigenvalue weighted by Gasteiger charge is -2.45. The van der Waals surface area contributed by atoms with E-state index in [0.717, 1.165) is 43.5 Å². The van der Waals surface area contributed by atoms with Gasteiger partial charge in [0.05, 0.1) is 0 Å². The number of benzene rings is 2. The molecular weight excluding hydrogens is 335 g/mol. The molecule has 2 atom stereocenters. The first-order chi connectivity index (χ1) is 12.6. The van der Waals surface area contributed by atoms with Gasteiger partial charge >= 0.3 is 0 Å². The average molecular weight is 357 g/mol. The number of piperidine rings is 1. The van der Waals surface area contributed by atoms with E-state index in [0.29, 0.717) is 6.04 Å². The molecule has 0 amide bonds. The van der Waals surface area contributed by atoms with Gasteiger partial charge in [0, 0.05) is 24.2 Å². The zero-order chi connectivity index (χ0) is 18.1. The maximum Gasteiger partial charge on any atom is 0.165 e. The molecule has 2 bridgehead atoms. The predicted molar refractivity (Wildman–Crippen MR) is 96.1 cm³/mol. The van der Waals surface area contributed by atoms with Crippen molar-refractivity contribution in [1.82, 2.24) is 4.90 Å². The van der Waals surface area contributed by atoms with Crippen LogP contribution in [0.2, 0.25) is 0 Å². The second kappa shape index (κ2) is 7.28. The molecule has 0 aliphatic carbocycles. The molecule has 1 nitrogen and oxygen atoms in total. The Hall–Kier alpha value is -2.07. The van der Waals surface area contributed by atoms with Crippen LogP contribution in [0.25, 0.3) is 0 Å². The molecule has 4 heteroatoms. The molecule has 1 saturated heterocycles. The quantitative estimate of drug-likeness (QED) is 0.523. The summed E-state index contributed by atoms with van der Waals surface area (Å²) in [5, 5.41) is 0. The molecule has 26 heavy (non-hydrogen) atoms. The second-order valence-corrected chi connectivity index (χ2v) is 7.34. The molecule has 0 spiro atoms.